The van der Waals surface area contributed by atoms with E-state index in [0.29, 0.717) is 6.61 Å². The third kappa shape index (κ3) is 4.31. The topological polar surface area (TPSA) is 47.0 Å². The Bertz CT molecular complexity index is 529. The molecule has 0 unspecified atom stereocenters. The van der Waals surface area contributed by atoms with Crippen molar-refractivity contribution in [1.82, 2.24) is 9.97 Å². The number of nitrogens with one attached hydrogen (secondary N) is 1. The molecule has 0 fully saturated rings. The number of hydrogen-bond acceptors (Lipinski definition) is 4. The lowest BCUT2D eigenvalue weighted by Crippen LogP contribution is -2.08. The summed E-state index contributed by atoms with van der Waals surface area (Å²) >= 11 is 0. The van der Waals surface area contributed by atoms with Crippen molar-refractivity contribution in [1.29, 1.82) is 0 Å². The Kier molecular flexibility index (Phi) is 5.50. The van der Waals surface area contributed by atoms with Gasteiger partial charge >= 0.3 is 0 Å². The number of rotatable bonds is 7. The summed E-state index contributed by atoms with van der Waals surface area (Å²) < 4.78 is 5.17. The zero-order valence-corrected chi connectivity index (χ0v) is 12.1. The largest absolute Gasteiger partial charge is 0.378 e. The number of anilines is 1. The van der Waals surface area contributed by atoms with E-state index in [4.69, 9.17) is 4.74 Å². The van der Waals surface area contributed by atoms with Gasteiger partial charge in [0.25, 0.3) is 0 Å². The lowest BCUT2D eigenvalue weighted by Gasteiger charge is -2.09. The normalized spacial score (nSPS) is 10.5. The van der Waals surface area contributed by atoms with Crippen molar-refractivity contribution in [2.24, 2.45) is 0 Å². The fourth-order valence-electron chi connectivity index (χ4n) is 1.98. The summed E-state index contributed by atoms with van der Waals surface area (Å²) in [6.07, 6.45) is 1.80. The molecule has 0 spiro atoms. The zero-order chi connectivity index (χ0) is 14.2. The quantitative estimate of drug-likeness (QED) is 0.841. The summed E-state index contributed by atoms with van der Waals surface area (Å²) in [5.74, 6) is 1.70. The lowest BCUT2D eigenvalue weighted by molar-refractivity contribution is 0.181. The summed E-state index contributed by atoms with van der Waals surface area (Å²) in [4.78, 5) is 9.12. The molecule has 0 atom stereocenters. The average molecular weight is 271 g/mol. The Morgan fingerprint density at radius 1 is 1.15 bits per heavy atom. The molecule has 4 nitrogen and oxygen atoms in total. The van der Waals surface area contributed by atoms with Crippen LogP contribution in [0.2, 0.25) is 0 Å². The molecular weight excluding hydrogens is 250 g/mol. The van der Waals surface area contributed by atoms with Crippen LogP contribution in [0.1, 0.15) is 30.4 Å². The second-order valence-corrected chi connectivity index (χ2v) is 4.68. The number of benzene rings is 1. The molecule has 106 valence electrons. The van der Waals surface area contributed by atoms with E-state index in [2.05, 4.69) is 34.3 Å². The molecule has 0 saturated carbocycles. The molecule has 0 amide bonds. The maximum absolute atomic E-state index is 5.17. The molecule has 1 N–H and O–H groups in total. The first kappa shape index (κ1) is 14.5. The summed E-state index contributed by atoms with van der Waals surface area (Å²) in [6, 6.07) is 12.2. The van der Waals surface area contributed by atoms with Crippen molar-refractivity contribution in [3.63, 3.8) is 0 Å². The monoisotopic (exact) mass is 271 g/mol. The van der Waals surface area contributed by atoms with E-state index in [-0.39, 0.29) is 0 Å². The van der Waals surface area contributed by atoms with Crippen molar-refractivity contribution in [2.75, 3.05) is 19.0 Å². The van der Waals surface area contributed by atoms with Gasteiger partial charge in [0.05, 0.1) is 12.3 Å². The van der Waals surface area contributed by atoms with Crippen LogP contribution in [0.25, 0.3) is 0 Å². The van der Waals surface area contributed by atoms with Crippen LogP contribution in [0, 0.1) is 0 Å². The van der Waals surface area contributed by atoms with E-state index in [1.165, 1.54) is 5.56 Å². The summed E-state index contributed by atoms with van der Waals surface area (Å²) in [6.45, 7) is 3.55. The molecule has 0 radical (unpaired) electrons. The summed E-state index contributed by atoms with van der Waals surface area (Å²) in [7, 11) is 1.68. The first-order valence-corrected chi connectivity index (χ1v) is 6.95. The molecule has 2 aromatic rings. The van der Waals surface area contributed by atoms with Crippen molar-refractivity contribution >= 4 is 5.82 Å². The molecule has 20 heavy (non-hydrogen) atoms. The highest BCUT2D eigenvalue weighted by molar-refractivity contribution is 5.36. The van der Waals surface area contributed by atoms with E-state index in [9.17, 15) is 0 Å². The van der Waals surface area contributed by atoms with Gasteiger partial charge in [-0.3, -0.25) is 0 Å². The Balaban J connectivity index is 2.19. The predicted octanol–water partition coefficient (Wildman–Crippen LogP) is 3.04. The number of nitrogens with zero attached hydrogens (tertiary/aromatic N) is 2. The van der Waals surface area contributed by atoms with Crippen LogP contribution < -0.4 is 5.32 Å². The predicted molar refractivity (Wildman–Crippen MR) is 80.8 cm³/mol. The van der Waals surface area contributed by atoms with Gasteiger partial charge in [0.15, 0.2) is 0 Å². The van der Waals surface area contributed by atoms with Gasteiger partial charge in [0, 0.05) is 26.1 Å². The number of aromatic nitrogens is 2. The van der Waals surface area contributed by atoms with Gasteiger partial charge in [-0.05, 0) is 12.0 Å². The van der Waals surface area contributed by atoms with Gasteiger partial charge in [0.2, 0.25) is 0 Å². The highest BCUT2D eigenvalue weighted by Gasteiger charge is 2.05. The first-order valence-electron chi connectivity index (χ1n) is 6.95. The van der Waals surface area contributed by atoms with Crippen molar-refractivity contribution in [3.8, 4) is 0 Å². The maximum atomic E-state index is 5.17. The van der Waals surface area contributed by atoms with Crippen molar-refractivity contribution < 1.29 is 4.74 Å². The maximum Gasteiger partial charge on any atom is 0.135 e. The van der Waals surface area contributed by atoms with Crippen LogP contribution in [-0.4, -0.2) is 23.6 Å². The molecule has 0 aliphatic heterocycles. The van der Waals surface area contributed by atoms with Gasteiger partial charge in [-0.2, -0.15) is 0 Å². The molecule has 1 aromatic carbocycles. The molecule has 0 bridgehead atoms. The average Bonchev–Trinajstić information content (AvgIpc) is 2.46. The smallest absolute Gasteiger partial charge is 0.135 e. The van der Waals surface area contributed by atoms with Gasteiger partial charge in [-0.25, -0.2) is 9.97 Å². The Hall–Kier alpha value is -1.94. The van der Waals surface area contributed by atoms with E-state index < -0.39 is 0 Å². The SMILES string of the molecule is CCCNc1cc(COC)nc(Cc2ccccc2)n1. The van der Waals surface area contributed by atoms with E-state index in [1.54, 1.807) is 7.11 Å². The molecule has 0 aliphatic carbocycles. The van der Waals surface area contributed by atoms with Crippen LogP contribution in [0.4, 0.5) is 5.82 Å². The molecule has 2 rings (SSSR count). The zero-order valence-electron chi connectivity index (χ0n) is 12.1. The Morgan fingerprint density at radius 3 is 2.65 bits per heavy atom. The number of ether oxygens (including phenoxy) is 1. The minimum Gasteiger partial charge on any atom is -0.378 e. The Morgan fingerprint density at radius 2 is 1.95 bits per heavy atom. The highest BCUT2D eigenvalue weighted by atomic mass is 16.5. The number of methoxy groups -OCH3 is 1. The van der Waals surface area contributed by atoms with E-state index in [0.717, 1.165) is 36.7 Å². The second kappa shape index (κ2) is 7.60. The standard InChI is InChI=1S/C16H21N3O/c1-3-9-17-15-11-14(12-20-2)18-16(19-15)10-13-7-5-4-6-8-13/h4-8,11H,3,9-10,12H2,1-2H3,(H,17,18,19). The number of hydrogen-bond donors (Lipinski definition) is 1. The molecule has 0 saturated heterocycles. The van der Waals surface area contributed by atoms with Crippen LogP contribution in [-0.2, 0) is 17.8 Å². The second-order valence-electron chi connectivity index (χ2n) is 4.68. The lowest BCUT2D eigenvalue weighted by atomic mass is 10.1. The summed E-state index contributed by atoms with van der Waals surface area (Å²) in [5, 5.41) is 3.31. The van der Waals surface area contributed by atoms with Crippen LogP contribution >= 0.6 is 0 Å². The van der Waals surface area contributed by atoms with Crippen LogP contribution in [0.5, 0.6) is 0 Å². The third-order valence-corrected chi connectivity index (χ3v) is 2.88. The van der Waals surface area contributed by atoms with Crippen LogP contribution in [0.3, 0.4) is 0 Å². The molecule has 0 aliphatic rings. The fraction of sp³-hybridized carbons (Fsp3) is 0.375. The van der Waals surface area contributed by atoms with Gasteiger partial charge < -0.3 is 10.1 Å². The van der Waals surface area contributed by atoms with Crippen LogP contribution in [0.15, 0.2) is 36.4 Å². The first-order chi connectivity index (χ1) is 9.81. The van der Waals surface area contributed by atoms with Gasteiger partial charge in [0.1, 0.15) is 11.6 Å². The molecular formula is C16H21N3O. The van der Waals surface area contributed by atoms with Crippen molar-refractivity contribution in [3.05, 3.63) is 53.5 Å². The molecule has 1 aromatic heterocycles. The summed E-state index contributed by atoms with van der Waals surface area (Å²) in [5.41, 5.74) is 2.12. The fourth-order valence-corrected chi connectivity index (χ4v) is 1.98. The minimum atomic E-state index is 0.505. The van der Waals surface area contributed by atoms with Gasteiger partial charge in [-0.15, -0.1) is 0 Å². The Labute approximate surface area is 120 Å². The molecule has 1 heterocycles. The highest BCUT2D eigenvalue weighted by Crippen LogP contribution is 2.11. The van der Waals surface area contributed by atoms with Gasteiger partial charge in [-0.1, -0.05) is 37.3 Å². The van der Waals surface area contributed by atoms with E-state index in [1.807, 2.05) is 24.3 Å². The molecule has 4 heteroatoms. The minimum absolute atomic E-state index is 0.505. The van der Waals surface area contributed by atoms with Crippen molar-refractivity contribution in [2.45, 2.75) is 26.4 Å². The third-order valence-electron chi connectivity index (χ3n) is 2.88. The van der Waals surface area contributed by atoms with E-state index >= 15 is 0 Å².